The van der Waals surface area contributed by atoms with Gasteiger partial charge in [-0.2, -0.15) is 11.8 Å². The van der Waals surface area contributed by atoms with Crippen LogP contribution in [0.2, 0.25) is 0 Å². The summed E-state index contributed by atoms with van der Waals surface area (Å²) in [6.45, 7) is 6.01. The Hall–Kier alpha value is -1.03. The van der Waals surface area contributed by atoms with Crippen LogP contribution in [0.3, 0.4) is 0 Å². The summed E-state index contributed by atoms with van der Waals surface area (Å²) in [4.78, 5) is 15.9. The van der Waals surface area contributed by atoms with Crippen molar-refractivity contribution in [3.63, 3.8) is 0 Å². The number of rotatable bonds is 7. The minimum atomic E-state index is 0.0941. The molecule has 0 bridgehead atoms. The summed E-state index contributed by atoms with van der Waals surface area (Å²) in [6, 6.07) is 1.77. The molecule has 0 saturated carbocycles. The Labute approximate surface area is 107 Å². The Balaban J connectivity index is 2.60. The lowest BCUT2D eigenvalue weighted by atomic mass is 10.2. The molecule has 0 aliphatic rings. The van der Waals surface area contributed by atoms with Crippen molar-refractivity contribution in [2.24, 2.45) is 0 Å². The number of thioether (sulfide) groups is 1. The van der Waals surface area contributed by atoms with Crippen LogP contribution in [0.4, 0.5) is 0 Å². The van der Waals surface area contributed by atoms with E-state index in [-0.39, 0.29) is 11.9 Å². The molecule has 17 heavy (non-hydrogen) atoms. The summed E-state index contributed by atoms with van der Waals surface area (Å²) in [5, 5.41) is 0. The summed E-state index contributed by atoms with van der Waals surface area (Å²) in [5.74, 6) is 2.30. The smallest absolute Gasteiger partial charge is 0.174 e. The minimum absolute atomic E-state index is 0.0941. The number of aromatic nitrogens is 1. The van der Waals surface area contributed by atoms with Gasteiger partial charge in [-0.3, -0.25) is 9.78 Å². The summed E-state index contributed by atoms with van der Waals surface area (Å²) in [7, 11) is 0. The van der Waals surface area contributed by atoms with E-state index in [1.165, 1.54) is 0 Å². The van der Waals surface area contributed by atoms with Crippen LogP contribution in [-0.4, -0.2) is 28.4 Å². The lowest BCUT2D eigenvalue weighted by Gasteiger charge is -2.09. The summed E-state index contributed by atoms with van der Waals surface area (Å²) in [5.41, 5.74) is 0.631. The zero-order valence-electron chi connectivity index (χ0n) is 10.6. The number of nitrogens with zero attached hydrogens (tertiary/aromatic N) is 1. The number of ketones is 1. The zero-order valence-corrected chi connectivity index (χ0v) is 11.4. The van der Waals surface area contributed by atoms with E-state index in [0.29, 0.717) is 17.1 Å². The van der Waals surface area contributed by atoms with Crippen molar-refractivity contribution in [1.82, 2.24) is 4.98 Å². The average molecular weight is 253 g/mol. The Bertz CT molecular complexity index is 366. The standard InChI is InChI=1S/C13H19NO2S/c1-4-5-17-9-13(15)11-6-12(8-14-7-11)16-10(2)3/h6-8,10H,4-5,9H2,1-3H3. The third-order valence-corrected chi connectivity index (χ3v) is 3.15. The van der Waals surface area contributed by atoms with Crippen molar-refractivity contribution in [3.05, 3.63) is 24.0 Å². The molecular weight excluding hydrogens is 234 g/mol. The maximum atomic E-state index is 11.8. The summed E-state index contributed by atoms with van der Waals surface area (Å²) >= 11 is 1.66. The number of carbonyl (C=O) groups excluding carboxylic acids is 1. The molecule has 0 aliphatic heterocycles. The molecule has 3 nitrogen and oxygen atoms in total. The predicted molar refractivity (Wildman–Crippen MR) is 71.9 cm³/mol. The van der Waals surface area contributed by atoms with Crippen LogP contribution in [0.1, 0.15) is 37.6 Å². The van der Waals surface area contributed by atoms with Crippen molar-refractivity contribution in [2.45, 2.75) is 33.3 Å². The number of carbonyl (C=O) groups is 1. The van der Waals surface area contributed by atoms with Crippen molar-refractivity contribution in [1.29, 1.82) is 0 Å². The van der Waals surface area contributed by atoms with Crippen LogP contribution in [0, 0.1) is 0 Å². The Kier molecular flexibility index (Phi) is 6.05. The normalized spacial score (nSPS) is 10.6. The van der Waals surface area contributed by atoms with Crippen LogP contribution in [0.15, 0.2) is 18.5 Å². The van der Waals surface area contributed by atoms with Crippen LogP contribution >= 0.6 is 11.8 Å². The van der Waals surface area contributed by atoms with Crippen molar-refractivity contribution < 1.29 is 9.53 Å². The second-order valence-electron chi connectivity index (χ2n) is 4.05. The van der Waals surface area contributed by atoms with Gasteiger partial charge in [-0.1, -0.05) is 6.92 Å². The second-order valence-corrected chi connectivity index (χ2v) is 5.16. The molecule has 0 aromatic carbocycles. The molecule has 0 saturated heterocycles. The van der Waals surface area contributed by atoms with Crippen molar-refractivity contribution in [3.8, 4) is 5.75 Å². The lowest BCUT2D eigenvalue weighted by Crippen LogP contribution is -2.08. The molecule has 4 heteroatoms. The molecule has 0 radical (unpaired) electrons. The monoisotopic (exact) mass is 253 g/mol. The number of ether oxygens (including phenoxy) is 1. The highest BCUT2D eigenvalue weighted by Gasteiger charge is 2.08. The summed E-state index contributed by atoms with van der Waals surface area (Å²) < 4.78 is 5.51. The third-order valence-electron chi connectivity index (χ3n) is 1.99. The van der Waals surface area contributed by atoms with Gasteiger partial charge in [0.1, 0.15) is 5.75 Å². The quantitative estimate of drug-likeness (QED) is 0.552. The predicted octanol–water partition coefficient (Wildman–Crippen LogP) is 3.19. The van der Waals surface area contributed by atoms with E-state index in [1.807, 2.05) is 13.8 Å². The van der Waals surface area contributed by atoms with Crippen LogP contribution < -0.4 is 4.74 Å². The summed E-state index contributed by atoms with van der Waals surface area (Å²) in [6.07, 6.45) is 4.42. The largest absolute Gasteiger partial charge is 0.489 e. The molecule has 0 N–H and O–H groups in total. The van der Waals surface area contributed by atoms with Gasteiger partial charge in [-0.15, -0.1) is 0 Å². The van der Waals surface area contributed by atoms with Gasteiger partial charge >= 0.3 is 0 Å². The van der Waals surface area contributed by atoms with Gasteiger partial charge in [-0.25, -0.2) is 0 Å². The van der Waals surface area contributed by atoms with Gasteiger partial charge in [0.25, 0.3) is 0 Å². The Morgan fingerprint density at radius 2 is 2.24 bits per heavy atom. The minimum Gasteiger partial charge on any atom is -0.489 e. The first-order valence-corrected chi connectivity index (χ1v) is 7.01. The van der Waals surface area contributed by atoms with E-state index in [2.05, 4.69) is 11.9 Å². The highest BCUT2D eigenvalue weighted by Crippen LogP contribution is 2.15. The maximum absolute atomic E-state index is 11.8. The molecule has 94 valence electrons. The first kappa shape index (κ1) is 14.0. The van der Waals surface area contributed by atoms with E-state index in [0.717, 1.165) is 12.2 Å². The molecule has 1 rings (SSSR count). The van der Waals surface area contributed by atoms with Gasteiger partial charge in [0.05, 0.1) is 18.1 Å². The number of hydrogen-bond donors (Lipinski definition) is 0. The molecule has 0 aliphatic carbocycles. The first-order chi connectivity index (χ1) is 8.13. The van der Waals surface area contributed by atoms with Gasteiger partial charge < -0.3 is 4.74 Å². The van der Waals surface area contributed by atoms with Gasteiger partial charge in [0.2, 0.25) is 0 Å². The van der Waals surface area contributed by atoms with Gasteiger partial charge in [0.15, 0.2) is 5.78 Å². The highest BCUT2D eigenvalue weighted by molar-refractivity contribution is 7.99. The van der Waals surface area contributed by atoms with Gasteiger partial charge in [0, 0.05) is 11.8 Å². The molecule has 0 spiro atoms. The van der Waals surface area contributed by atoms with Crippen LogP contribution in [0.25, 0.3) is 0 Å². The van der Waals surface area contributed by atoms with E-state index in [1.54, 1.807) is 30.2 Å². The molecule has 0 amide bonds. The molecule has 1 aromatic heterocycles. The zero-order chi connectivity index (χ0) is 12.7. The van der Waals surface area contributed by atoms with E-state index < -0.39 is 0 Å². The molecule has 0 atom stereocenters. The highest BCUT2D eigenvalue weighted by atomic mass is 32.2. The molecule has 0 fully saturated rings. The number of Topliss-reactive ketones (excluding diaryl/α,β-unsaturated/α-hetero) is 1. The fourth-order valence-electron chi connectivity index (χ4n) is 1.30. The van der Waals surface area contributed by atoms with E-state index >= 15 is 0 Å². The fourth-order valence-corrected chi connectivity index (χ4v) is 2.09. The van der Waals surface area contributed by atoms with Crippen molar-refractivity contribution >= 4 is 17.5 Å². The molecular formula is C13H19NO2S. The number of pyridine rings is 1. The van der Waals surface area contributed by atoms with E-state index in [9.17, 15) is 4.79 Å². The van der Waals surface area contributed by atoms with Crippen LogP contribution in [-0.2, 0) is 0 Å². The first-order valence-electron chi connectivity index (χ1n) is 5.86. The SMILES string of the molecule is CCCSCC(=O)c1cncc(OC(C)C)c1. The van der Waals surface area contributed by atoms with Crippen molar-refractivity contribution in [2.75, 3.05) is 11.5 Å². The van der Waals surface area contributed by atoms with Gasteiger partial charge in [-0.05, 0) is 32.1 Å². The molecule has 0 unspecified atom stereocenters. The van der Waals surface area contributed by atoms with Crippen LogP contribution in [0.5, 0.6) is 5.75 Å². The topological polar surface area (TPSA) is 39.2 Å². The van der Waals surface area contributed by atoms with E-state index in [4.69, 9.17) is 4.74 Å². The number of hydrogen-bond acceptors (Lipinski definition) is 4. The molecule has 1 aromatic rings. The second kappa shape index (κ2) is 7.33. The fraction of sp³-hybridized carbons (Fsp3) is 0.538. The third kappa shape index (κ3) is 5.22. The lowest BCUT2D eigenvalue weighted by molar-refractivity contribution is 0.102. The Morgan fingerprint density at radius 3 is 2.88 bits per heavy atom. The molecule has 1 heterocycles. The Morgan fingerprint density at radius 1 is 1.47 bits per heavy atom. The maximum Gasteiger partial charge on any atom is 0.174 e. The average Bonchev–Trinajstić information content (AvgIpc) is 2.28.